The molecule has 1 aromatic carbocycles. The Labute approximate surface area is 147 Å². The lowest BCUT2D eigenvalue weighted by atomic mass is 9.67. The van der Waals surface area contributed by atoms with Gasteiger partial charge in [0.2, 0.25) is 5.91 Å². The van der Waals surface area contributed by atoms with Gasteiger partial charge in [-0.1, -0.05) is 18.6 Å². The fraction of sp³-hybridized carbons (Fsp3) is 0.526. The maximum atomic E-state index is 12.7. The van der Waals surface area contributed by atoms with Gasteiger partial charge in [-0.3, -0.25) is 9.59 Å². The molecule has 1 N–H and O–H groups in total. The highest BCUT2D eigenvalue weighted by molar-refractivity contribution is 7.99. The Balaban J connectivity index is 1.65. The van der Waals surface area contributed by atoms with Crippen molar-refractivity contribution in [3.63, 3.8) is 0 Å². The summed E-state index contributed by atoms with van der Waals surface area (Å²) in [4.78, 5) is 25.9. The van der Waals surface area contributed by atoms with Gasteiger partial charge in [-0.05, 0) is 37.8 Å². The molecule has 2 aliphatic rings. The van der Waals surface area contributed by atoms with E-state index in [1.807, 2.05) is 24.3 Å². The third-order valence-corrected chi connectivity index (χ3v) is 6.11. The molecule has 126 valence electrons. The minimum absolute atomic E-state index is 0.0349. The van der Waals surface area contributed by atoms with Gasteiger partial charge in [0.1, 0.15) is 5.78 Å². The first-order valence-corrected chi connectivity index (χ1v) is 9.61. The minimum Gasteiger partial charge on any atom is -0.325 e. The Bertz CT molecular complexity index is 652. The molecule has 0 aliphatic heterocycles. The number of ketones is 1. The van der Waals surface area contributed by atoms with E-state index in [9.17, 15) is 9.59 Å². The summed E-state index contributed by atoms with van der Waals surface area (Å²) in [5, 5.41) is 11.7. The second-order valence-corrected chi connectivity index (χ2v) is 7.77. The van der Waals surface area contributed by atoms with Crippen molar-refractivity contribution in [1.29, 1.82) is 5.26 Å². The normalized spacial score (nSPS) is 25.8. The van der Waals surface area contributed by atoms with Gasteiger partial charge in [0.05, 0.1) is 11.8 Å². The van der Waals surface area contributed by atoms with Crippen molar-refractivity contribution in [3.8, 4) is 6.07 Å². The quantitative estimate of drug-likeness (QED) is 0.648. The number of nitrogens with one attached hydrogen (secondary N) is 1. The number of hydrogen-bond donors (Lipinski definition) is 1. The number of amides is 1. The third kappa shape index (κ3) is 3.81. The van der Waals surface area contributed by atoms with E-state index >= 15 is 0 Å². The molecule has 0 heterocycles. The number of Topliss-reactive ketones (excluding diaryl/α,β-unsaturated/α-hetero) is 1. The zero-order chi connectivity index (χ0) is 16.9. The van der Waals surface area contributed by atoms with Crippen LogP contribution >= 0.6 is 11.8 Å². The van der Waals surface area contributed by atoms with E-state index in [1.54, 1.807) is 11.8 Å². The van der Waals surface area contributed by atoms with Crippen molar-refractivity contribution in [3.05, 3.63) is 24.3 Å². The molecular weight excluding hydrogens is 320 g/mol. The van der Waals surface area contributed by atoms with Gasteiger partial charge >= 0.3 is 0 Å². The summed E-state index contributed by atoms with van der Waals surface area (Å²) >= 11 is 1.59. The number of rotatable bonds is 5. The number of carbonyl (C=O) groups excluding carboxylic acids is 2. The van der Waals surface area contributed by atoms with Crippen molar-refractivity contribution in [2.75, 3.05) is 11.1 Å². The van der Waals surface area contributed by atoms with Crippen LogP contribution in [0.5, 0.6) is 0 Å². The fourth-order valence-corrected chi connectivity index (χ4v) is 4.69. The maximum absolute atomic E-state index is 12.7. The van der Waals surface area contributed by atoms with E-state index in [0.29, 0.717) is 30.8 Å². The Kier molecular flexibility index (Phi) is 5.57. The van der Waals surface area contributed by atoms with Crippen LogP contribution in [0.2, 0.25) is 0 Å². The summed E-state index contributed by atoms with van der Waals surface area (Å²) in [6, 6.07) is 9.85. The number of fused-ring (bicyclic) bond motifs is 2. The van der Waals surface area contributed by atoms with Gasteiger partial charge in [0.25, 0.3) is 0 Å². The molecule has 2 atom stereocenters. The minimum atomic E-state index is -0.0600. The Morgan fingerprint density at radius 1 is 1.25 bits per heavy atom. The molecule has 0 spiro atoms. The molecule has 1 amide bonds. The van der Waals surface area contributed by atoms with Crippen LogP contribution in [0.1, 0.15) is 38.5 Å². The number of benzene rings is 1. The summed E-state index contributed by atoms with van der Waals surface area (Å²) < 4.78 is 0. The molecule has 0 saturated heterocycles. The molecular formula is C19H22N2O2S. The Hall–Kier alpha value is -1.80. The van der Waals surface area contributed by atoms with Crippen LogP contribution in [0.4, 0.5) is 5.69 Å². The summed E-state index contributed by atoms with van der Waals surface area (Å²) in [7, 11) is 0. The first-order chi connectivity index (χ1) is 11.7. The highest BCUT2D eigenvalue weighted by atomic mass is 32.2. The van der Waals surface area contributed by atoms with E-state index in [4.69, 9.17) is 5.26 Å². The molecule has 2 fully saturated rings. The van der Waals surface area contributed by atoms with Crippen molar-refractivity contribution < 1.29 is 9.59 Å². The molecule has 5 heteroatoms. The van der Waals surface area contributed by atoms with Crippen LogP contribution in [-0.4, -0.2) is 17.4 Å². The van der Waals surface area contributed by atoms with Crippen LogP contribution in [-0.2, 0) is 9.59 Å². The molecule has 2 unspecified atom stereocenters. The molecule has 2 aliphatic carbocycles. The highest BCUT2D eigenvalue weighted by Crippen LogP contribution is 2.40. The van der Waals surface area contributed by atoms with E-state index in [0.717, 1.165) is 29.8 Å². The lowest BCUT2D eigenvalue weighted by Crippen LogP contribution is -2.40. The third-order valence-electron chi connectivity index (χ3n) is 5.04. The number of nitriles is 1. The van der Waals surface area contributed by atoms with Gasteiger partial charge in [-0.15, -0.1) is 11.8 Å². The Morgan fingerprint density at radius 3 is 2.67 bits per heavy atom. The van der Waals surface area contributed by atoms with E-state index in [1.165, 1.54) is 0 Å². The molecule has 24 heavy (non-hydrogen) atoms. The molecule has 0 aromatic heterocycles. The van der Waals surface area contributed by atoms with Gasteiger partial charge in [-0.2, -0.15) is 5.26 Å². The number of anilines is 1. The second-order valence-electron chi connectivity index (χ2n) is 6.64. The first-order valence-electron chi connectivity index (χ1n) is 8.62. The van der Waals surface area contributed by atoms with E-state index < -0.39 is 0 Å². The van der Waals surface area contributed by atoms with Gasteiger partial charge in [0.15, 0.2) is 0 Å². The topological polar surface area (TPSA) is 70.0 Å². The number of para-hydroxylation sites is 1. The van der Waals surface area contributed by atoms with Gasteiger partial charge in [0, 0.05) is 34.8 Å². The van der Waals surface area contributed by atoms with E-state index in [-0.39, 0.29) is 23.7 Å². The lowest BCUT2D eigenvalue weighted by Gasteiger charge is -2.37. The van der Waals surface area contributed by atoms with Crippen LogP contribution in [0.15, 0.2) is 29.2 Å². The smallest absolute Gasteiger partial charge is 0.227 e. The number of hydrogen-bond acceptors (Lipinski definition) is 4. The van der Waals surface area contributed by atoms with Crippen molar-refractivity contribution in [1.82, 2.24) is 0 Å². The highest BCUT2D eigenvalue weighted by Gasteiger charge is 2.41. The average Bonchev–Trinajstić information content (AvgIpc) is 2.56. The van der Waals surface area contributed by atoms with Gasteiger partial charge in [-0.25, -0.2) is 0 Å². The zero-order valence-electron chi connectivity index (χ0n) is 13.7. The predicted molar refractivity (Wildman–Crippen MR) is 94.6 cm³/mol. The van der Waals surface area contributed by atoms with Crippen LogP contribution in [0, 0.1) is 29.1 Å². The van der Waals surface area contributed by atoms with Crippen molar-refractivity contribution >= 4 is 29.1 Å². The fourth-order valence-electron chi connectivity index (χ4n) is 3.83. The SMILES string of the molecule is N#CCCSc1ccccc1NC(=O)C1CC2CCCC(C1)C2=O. The van der Waals surface area contributed by atoms with Crippen LogP contribution in [0.3, 0.4) is 0 Å². The molecule has 1 aromatic rings. The largest absolute Gasteiger partial charge is 0.325 e. The Morgan fingerprint density at radius 2 is 1.96 bits per heavy atom. The standard InChI is InChI=1S/C19H22N2O2S/c20-9-4-10-24-17-8-2-1-7-16(17)21-19(23)15-11-13-5-3-6-14(12-15)18(13)22/h1-2,7-8,13-15H,3-6,10-12H2,(H,21,23). The summed E-state index contributed by atoms with van der Waals surface area (Å²) in [5.74, 6) is 1.26. The molecule has 0 radical (unpaired) electrons. The second kappa shape index (κ2) is 7.85. The summed E-state index contributed by atoms with van der Waals surface area (Å²) in [5.41, 5.74) is 0.812. The van der Waals surface area contributed by atoms with E-state index in [2.05, 4.69) is 11.4 Å². The van der Waals surface area contributed by atoms with Crippen LogP contribution in [0.25, 0.3) is 0 Å². The zero-order valence-corrected chi connectivity index (χ0v) is 14.5. The lowest BCUT2D eigenvalue weighted by molar-refractivity contribution is -0.136. The maximum Gasteiger partial charge on any atom is 0.227 e. The molecule has 2 saturated carbocycles. The summed E-state index contributed by atoms with van der Waals surface area (Å²) in [6.07, 6.45) is 4.89. The summed E-state index contributed by atoms with van der Waals surface area (Å²) in [6.45, 7) is 0. The monoisotopic (exact) mass is 342 g/mol. The average molecular weight is 342 g/mol. The van der Waals surface area contributed by atoms with Crippen LogP contribution < -0.4 is 5.32 Å². The number of nitrogens with zero attached hydrogens (tertiary/aromatic N) is 1. The molecule has 2 bridgehead atoms. The molecule has 4 nitrogen and oxygen atoms in total. The number of thioether (sulfide) groups is 1. The van der Waals surface area contributed by atoms with Crippen molar-refractivity contribution in [2.45, 2.75) is 43.4 Å². The number of carbonyl (C=O) groups is 2. The first kappa shape index (κ1) is 17.0. The predicted octanol–water partition coefficient (Wildman–Crippen LogP) is 4.03. The molecule has 3 rings (SSSR count). The van der Waals surface area contributed by atoms with Gasteiger partial charge < -0.3 is 5.32 Å². The van der Waals surface area contributed by atoms with Crippen molar-refractivity contribution in [2.24, 2.45) is 17.8 Å².